The van der Waals surface area contributed by atoms with Crippen LogP contribution in [0.2, 0.25) is 0 Å². The molecular weight excluding hydrogens is 150 g/mol. The molecule has 0 unspecified atom stereocenters. The van der Waals surface area contributed by atoms with E-state index in [-0.39, 0.29) is 5.78 Å². The molecule has 0 saturated heterocycles. The molecular formula is C10H15NO. The monoisotopic (exact) mass is 165 g/mol. The molecule has 0 bridgehead atoms. The number of rotatable bonds is 2. The lowest BCUT2D eigenvalue weighted by Crippen LogP contribution is -2.24. The topological polar surface area (TPSA) is 29.1 Å². The molecule has 0 aromatic rings. The molecule has 12 heavy (non-hydrogen) atoms. The van der Waals surface area contributed by atoms with Gasteiger partial charge in [0, 0.05) is 13.5 Å². The summed E-state index contributed by atoms with van der Waals surface area (Å²) >= 11 is 0. The third-order valence-corrected chi connectivity index (χ3v) is 1.96. The van der Waals surface area contributed by atoms with Crippen LogP contribution in [0.25, 0.3) is 0 Å². The molecule has 1 heterocycles. The van der Waals surface area contributed by atoms with Crippen LogP contribution in [-0.2, 0) is 4.79 Å². The molecule has 1 N–H and O–H groups in total. The van der Waals surface area contributed by atoms with Crippen molar-refractivity contribution in [2.24, 2.45) is 5.92 Å². The predicted molar refractivity (Wildman–Crippen MR) is 49.7 cm³/mol. The summed E-state index contributed by atoms with van der Waals surface area (Å²) in [5, 5.41) is 3.09. The number of carbonyl (C=O) groups excluding carboxylic acids is 1. The van der Waals surface area contributed by atoms with Crippen molar-refractivity contribution in [3.05, 3.63) is 23.4 Å². The molecule has 0 radical (unpaired) electrons. The smallest absolute Gasteiger partial charge is 0.175 e. The maximum absolute atomic E-state index is 11.2. The number of ketones is 1. The Bertz CT molecular complexity index is 249. The van der Waals surface area contributed by atoms with Crippen LogP contribution >= 0.6 is 0 Å². The van der Waals surface area contributed by atoms with Crippen LogP contribution in [0.3, 0.4) is 0 Å². The molecule has 0 saturated carbocycles. The Hall–Kier alpha value is -1.05. The number of hydrogen-bond acceptors (Lipinski definition) is 2. The van der Waals surface area contributed by atoms with Gasteiger partial charge in [0.1, 0.15) is 0 Å². The molecule has 0 aliphatic carbocycles. The minimum atomic E-state index is 0.128. The van der Waals surface area contributed by atoms with Gasteiger partial charge in [-0.05, 0) is 11.5 Å². The van der Waals surface area contributed by atoms with Crippen molar-refractivity contribution in [3.8, 4) is 0 Å². The van der Waals surface area contributed by atoms with Crippen molar-refractivity contribution < 1.29 is 4.79 Å². The summed E-state index contributed by atoms with van der Waals surface area (Å²) in [6, 6.07) is 0. The van der Waals surface area contributed by atoms with Crippen molar-refractivity contribution in [3.63, 3.8) is 0 Å². The van der Waals surface area contributed by atoms with Gasteiger partial charge in [-0.3, -0.25) is 4.79 Å². The van der Waals surface area contributed by atoms with Gasteiger partial charge < -0.3 is 5.32 Å². The summed E-state index contributed by atoms with van der Waals surface area (Å²) in [6.45, 7) is 6.56. The lowest BCUT2D eigenvalue weighted by Gasteiger charge is -2.18. The summed E-state index contributed by atoms with van der Waals surface area (Å²) in [6.07, 6.45) is 4.08. The first-order valence-electron chi connectivity index (χ1n) is 4.28. The van der Waals surface area contributed by atoms with Crippen LogP contribution in [-0.4, -0.2) is 12.3 Å². The largest absolute Gasteiger partial charge is 0.378 e. The van der Waals surface area contributed by atoms with Crippen molar-refractivity contribution in [1.29, 1.82) is 0 Å². The zero-order valence-electron chi connectivity index (χ0n) is 7.85. The fourth-order valence-electron chi connectivity index (χ4n) is 1.34. The van der Waals surface area contributed by atoms with Crippen LogP contribution in [0.5, 0.6) is 0 Å². The zero-order valence-corrected chi connectivity index (χ0v) is 7.85. The van der Waals surface area contributed by atoms with Crippen molar-refractivity contribution in [1.82, 2.24) is 5.32 Å². The van der Waals surface area contributed by atoms with Crippen LogP contribution in [0.15, 0.2) is 23.4 Å². The van der Waals surface area contributed by atoms with E-state index in [1.807, 2.05) is 12.2 Å². The molecule has 0 fully saturated rings. The summed E-state index contributed by atoms with van der Waals surface area (Å²) < 4.78 is 0. The summed E-state index contributed by atoms with van der Waals surface area (Å²) in [4.78, 5) is 11.2. The fourth-order valence-corrected chi connectivity index (χ4v) is 1.34. The summed E-state index contributed by atoms with van der Waals surface area (Å²) in [5.74, 6) is 0.538. The number of hydrogen-bond donors (Lipinski definition) is 1. The van der Waals surface area contributed by atoms with E-state index in [9.17, 15) is 4.79 Å². The molecule has 1 aliphatic heterocycles. The molecule has 0 aromatic heterocycles. The Morgan fingerprint density at radius 2 is 2.25 bits per heavy atom. The molecule has 1 aliphatic rings. The Labute approximate surface area is 73.4 Å². The van der Waals surface area contributed by atoms with Crippen LogP contribution in [0.1, 0.15) is 20.8 Å². The molecule has 66 valence electrons. The van der Waals surface area contributed by atoms with Crippen molar-refractivity contribution >= 4 is 5.78 Å². The van der Waals surface area contributed by atoms with E-state index < -0.39 is 0 Å². The van der Waals surface area contributed by atoms with Gasteiger partial charge in [-0.2, -0.15) is 0 Å². The third kappa shape index (κ3) is 1.76. The van der Waals surface area contributed by atoms with Crippen molar-refractivity contribution in [2.45, 2.75) is 20.8 Å². The highest BCUT2D eigenvalue weighted by atomic mass is 16.1. The number of nitrogens with one attached hydrogen (secondary N) is 1. The van der Waals surface area contributed by atoms with Gasteiger partial charge in [0.05, 0.1) is 5.70 Å². The van der Waals surface area contributed by atoms with E-state index in [1.54, 1.807) is 6.92 Å². The molecule has 1 rings (SSSR count). The van der Waals surface area contributed by atoms with Gasteiger partial charge in [-0.1, -0.05) is 26.0 Å². The number of carbonyl (C=O) groups is 1. The minimum Gasteiger partial charge on any atom is -0.378 e. The second-order valence-corrected chi connectivity index (χ2v) is 3.32. The van der Waals surface area contributed by atoms with Crippen LogP contribution < -0.4 is 5.32 Å². The summed E-state index contributed by atoms with van der Waals surface area (Å²) in [7, 11) is 0. The van der Waals surface area contributed by atoms with E-state index in [1.165, 1.54) is 0 Å². The number of Topliss-reactive ketones (excluding diaryl/α,β-unsaturated/α-hetero) is 1. The van der Waals surface area contributed by atoms with Crippen LogP contribution in [0.4, 0.5) is 0 Å². The van der Waals surface area contributed by atoms with Crippen molar-refractivity contribution in [2.75, 3.05) is 6.54 Å². The summed E-state index contributed by atoms with van der Waals surface area (Å²) in [5.41, 5.74) is 1.90. The van der Waals surface area contributed by atoms with Gasteiger partial charge in [-0.15, -0.1) is 0 Å². The van der Waals surface area contributed by atoms with Gasteiger partial charge in [-0.25, -0.2) is 0 Å². The molecule has 0 amide bonds. The first kappa shape index (κ1) is 9.04. The van der Waals surface area contributed by atoms with Crippen LogP contribution in [0, 0.1) is 5.92 Å². The van der Waals surface area contributed by atoms with E-state index >= 15 is 0 Å². The van der Waals surface area contributed by atoms with E-state index in [4.69, 9.17) is 0 Å². The normalized spacial score (nSPS) is 16.7. The fraction of sp³-hybridized carbons (Fsp3) is 0.500. The van der Waals surface area contributed by atoms with Gasteiger partial charge >= 0.3 is 0 Å². The van der Waals surface area contributed by atoms with E-state index in [2.05, 4.69) is 19.2 Å². The second kappa shape index (κ2) is 3.57. The molecule has 2 heteroatoms. The minimum absolute atomic E-state index is 0.128. The first-order valence-corrected chi connectivity index (χ1v) is 4.28. The first-order chi connectivity index (χ1) is 5.63. The molecule has 2 nitrogen and oxygen atoms in total. The Kier molecular flexibility index (Phi) is 2.69. The maximum Gasteiger partial charge on any atom is 0.175 e. The Balaban J connectivity index is 3.00. The Morgan fingerprint density at radius 1 is 1.58 bits per heavy atom. The van der Waals surface area contributed by atoms with Gasteiger partial charge in [0.25, 0.3) is 0 Å². The average Bonchev–Trinajstić information content (AvgIpc) is 2.04. The zero-order chi connectivity index (χ0) is 9.14. The SMILES string of the molecule is CC(=O)C1=C(C(C)C)C=CCN1. The predicted octanol–water partition coefficient (Wildman–Crippen LogP) is 1.64. The maximum atomic E-state index is 11.2. The standard InChI is InChI=1S/C10H15NO/c1-7(2)9-5-4-6-11-10(9)8(3)12/h4-5,7,11H,6H2,1-3H3. The van der Waals surface area contributed by atoms with Gasteiger partial charge in [0.2, 0.25) is 0 Å². The van der Waals surface area contributed by atoms with E-state index in [0.717, 1.165) is 17.8 Å². The van der Waals surface area contributed by atoms with E-state index in [0.29, 0.717) is 5.92 Å². The molecule has 0 atom stereocenters. The van der Waals surface area contributed by atoms with Gasteiger partial charge in [0.15, 0.2) is 5.78 Å². The molecule has 0 spiro atoms. The number of dihydropyridines is 1. The average molecular weight is 165 g/mol. The Morgan fingerprint density at radius 3 is 2.67 bits per heavy atom. The highest BCUT2D eigenvalue weighted by Gasteiger charge is 2.13. The quantitative estimate of drug-likeness (QED) is 0.674. The molecule has 0 aromatic carbocycles. The second-order valence-electron chi connectivity index (χ2n) is 3.32. The lowest BCUT2D eigenvalue weighted by atomic mass is 9.97. The highest BCUT2D eigenvalue weighted by Crippen LogP contribution is 2.17. The third-order valence-electron chi connectivity index (χ3n) is 1.96. The lowest BCUT2D eigenvalue weighted by molar-refractivity contribution is -0.114. The number of allylic oxidation sites excluding steroid dienone is 3. The highest BCUT2D eigenvalue weighted by molar-refractivity contribution is 5.94.